The second-order valence-electron chi connectivity index (χ2n) is 3.33. The van der Waals surface area contributed by atoms with Crippen LogP contribution < -0.4 is 5.73 Å². The smallest absolute Gasteiger partial charge is 0.146 e. The fraction of sp³-hybridized carbons (Fsp3) is 0. The highest BCUT2D eigenvalue weighted by molar-refractivity contribution is 5.76. The lowest BCUT2D eigenvalue weighted by Crippen LogP contribution is -1.96. The molecular formula is C12H8F3N. The van der Waals surface area contributed by atoms with E-state index in [2.05, 4.69) is 0 Å². The molecule has 2 aromatic carbocycles. The number of nitrogen functional groups attached to an aromatic ring is 1. The molecule has 82 valence electrons. The van der Waals surface area contributed by atoms with E-state index < -0.39 is 17.5 Å². The summed E-state index contributed by atoms with van der Waals surface area (Å²) in [5.74, 6) is -1.89. The first-order chi connectivity index (χ1) is 7.59. The Balaban J connectivity index is 2.67. The van der Waals surface area contributed by atoms with Gasteiger partial charge in [0.05, 0.1) is 5.69 Å². The molecule has 2 rings (SSSR count). The summed E-state index contributed by atoms with van der Waals surface area (Å²) in [6.07, 6.45) is 0. The van der Waals surface area contributed by atoms with E-state index >= 15 is 0 Å². The standard InChI is InChI=1S/C12H8F3N/c13-7-4-5-10(14)9(6-7)8-2-1-3-11(15)12(8)16/h1-6H,16H2. The van der Waals surface area contributed by atoms with Crippen molar-refractivity contribution in [3.63, 3.8) is 0 Å². The topological polar surface area (TPSA) is 26.0 Å². The monoisotopic (exact) mass is 223 g/mol. The van der Waals surface area contributed by atoms with Crippen molar-refractivity contribution in [1.82, 2.24) is 0 Å². The molecule has 0 bridgehead atoms. The molecule has 0 aliphatic carbocycles. The number of anilines is 1. The molecule has 0 saturated carbocycles. The predicted octanol–water partition coefficient (Wildman–Crippen LogP) is 3.35. The summed E-state index contributed by atoms with van der Waals surface area (Å²) in [5.41, 5.74) is 5.39. The Bertz CT molecular complexity index is 538. The van der Waals surface area contributed by atoms with E-state index in [0.29, 0.717) is 0 Å². The average molecular weight is 223 g/mol. The number of hydrogen-bond acceptors (Lipinski definition) is 1. The number of hydrogen-bond donors (Lipinski definition) is 1. The molecular weight excluding hydrogens is 215 g/mol. The number of benzene rings is 2. The number of para-hydroxylation sites is 1. The summed E-state index contributed by atoms with van der Waals surface area (Å²) in [6.45, 7) is 0. The maximum absolute atomic E-state index is 13.4. The quantitative estimate of drug-likeness (QED) is 0.737. The SMILES string of the molecule is Nc1c(F)cccc1-c1cc(F)ccc1F. The van der Waals surface area contributed by atoms with Crippen LogP contribution in [0.15, 0.2) is 36.4 Å². The summed E-state index contributed by atoms with van der Waals surface area (Å²) >= 11 is 0. The molecule has 16 heavy (non-hydrogen) atoms. The molecule has 4 heteroatoms. The summed E-state index contributed by atoms with van der Waals surface area (Å²) in [5, 5.41) is 0. The molecule has 0 saturated heterocycles. The normalized spacial score (nSPS) is 10.4. The van der Waals surface area contributed by atoms with Gasteiger partial charge in [-0.15, -0.1) is 0 Å². The zero-order valence-electron chi connectivity index (χ0n) is 8.18. The van der Waals surface area contributed by atoms with Gasteiger partial charge >= 0.3 is 0 Å². The molecule has 0 unspecified atom stereocenters. The molecule has 0 heterocycles. The molecule has 1 nitrogen and oxygen atoms in total. The van der Waals surface area contributed by atoms with Gasteiger partial charge in [-0.05, 0) is 24.3 Å². The van der Waals surface area contributed by atoms with Crippen LogP contribution in [0.3, 0.4) is 0 Å². The van der Waals surface area contributed by atoms with E-state index in [1.165, 1.54) is 12.1 Å². The Morgan fingerprint density at radius 2 is 1.56 bits per heavy atom. The molecule has 0 radical (unpaired) electrons. The Morgan fingerprint density at radius 3 is 2.31 bits per heavy atom. The van der Waals surface area contributed by atoms with Crippen molar-refractivity contribution in [1.29, 1.82) is 0 Å². The molecule has 2 aromatic rings. The first-order valence-corrected chi connectivity index (χ1v) is 4.59. The van der Waals surface area contributed by atoms with Gasteiger partial charge in [-0.3, -0.25) is 0 Å². The van der Waals surface area contributed by atoms with Crippen molar-refractivity contribution < 1.29 is 13.2 Å². The predicted molar refractivity (Wildman–Crippen MR) is 56.2 cm³/mol. The second-order valence-corrected chi connectivity index (χ2v) is 3.33. The maximum atomic E-state index is 13.4. The average Bonchev–Trinajstić information content (AvgIpc) is 2.26. The minimum Gasteiger partial charge on any atom is -0.396 e. The Morgan fingerprint density at radius 1 is 0.812 bits per heavy atom. The van der Waals surface area contributed by atoms with E-state index in [1.54, 1.807) is 0 Å². The van der Waals surface area contributed by atoms with E-state index in [4.69, 9.17) is 5.73 Å². The van der Waals surface area contributed by atoms with E-state index in [1.807, 2.05) is 0 Å². The minimum absolute atomic E-state index is 0.0444. The molecule has 0 aromatic heterocycles. The number of nitrogens with two attached hydrogens (primary N) is 1. The van der Waals surface area contributed by atoms with E-state index in [0.717, 1.165) is 24.3 Å². The molecule has 0 aliphatic heterocycles. The molecule has 0 spiro atoms. The molecule has 0 atom stereocenters. The highest BCUT2D eigenvalue weighted by atomic mass is 19.1. The van der Waals surface area contributed by atoms with Gasteiger partial charge in [0, 0.05) is 11.1 Å². The third-order valence-corrected chi connectivity index (χ3v) is 2.27. The lowest BCUT2D eigenvalue weighted by Gasteiger charge is -2.07. The summed E-state index contributed by atoms with van der Waals surface area (Å²) in [6, 6.07) is 6.96. The Hall–Kier alpha value is -1.97. The third kappa shape index (κ3) is 1.74. The van der Waals surface area contributed by atoms with Crippen LogP contribution in [0.1, 0.15) is 0 Å². The van der Waals surface area contributed by atoms with Crippen LogP contribution in [0.5, 0.6) is 0 Å². The molecule has 0 aliphatic rings. The zero-order chi connectivity index (χ0) is 11.7. The highest BCUT2D eigenvalue weighted by Crippen LogP contribution is 2.30. The summed E-state index contributed by atoms with van der Waals surface area (Å²) < 4.78 is 39.5. The Labute approximate surface area is 90.3 Å². The van der Waals surface area contributed by atoms with Crippen LogP contribution in [0.25, 0.3) is 11.1 Å². The van der Waals surface area contributed by atoms with Crippen LogP contribution in [0.4, 0.5) is 18.9 Å². The largest absolute Gasteiger partial charge is 0.396 e. The van der Waals surface area contributed by atoms with Crippen LogP contribution in [-0.2, 0) is 0 Å². The van der Waals surface area contributed by atoms with Crippen molar-refractivity contribution >= 4 is 5.69 Å². The van der Waals surface area contributed by atoms with Crippen molar-refractivity contribution in [3.05, 3.63) is 53.8 Å². The fourth-order valence-electron chi connectivity index (χ4n) is 1.48. The zero-order valence-corrected chi connectivity index (χ0v) is 8.18. The maximum Gasteiger partial charge on any atom is 0.146 e. The van der Waals surface area contributed by atoms with Gasteiger partial charge in [-0.25, -0.2) is 13.2 Å². The van der Waals surface area contributed by atoms with Crippen molar-refractivity contribution in [2.45, 2.75) is 0 Å². The van der Waals surface area contributed by atoms with Gasteiger partial charge in [0.1, 0.15) is 17.5 Å². The first kappa shape index (κ1) is 10.5. The second kappa shape index (κ2) is 3.89. The lowest BCUT2D eigenvalue weighted by atomic mass is 10.0. The van der Waals surface area contributed by atoms with Gasteiger partial charge in [-0.2, -0.15) is 0 Å². The first-order valence-electron chi connectivity index (χ1n) is 4.59. The van der Waals surface area contributed by atoms with E-state index in [9.17, 15) is 13.2 Å². The molecule has 0 amide bonds. The van der Waals surface area contributed by atoms with Crippen molar-refractivity contribution in [2.75, 3.05) is 5.73 Å². The number of halogens is 3. The number of rotatable bonds is 1. The van der Waals surface area contributed by atoms with Gasteiger partial charge in [0.2, 0.25) is 0 Å². The summed E-state index contributed by atoms with van der Waals surface area (Å²) in [7, 11) is 0. The molecule has 2 N–H and O–H groups in total. The highest BCUT2D eigenvalue weighted by Gasteiger charge is 2.11. The van der Waals surface area contributed by atoms with Crippen LogP contribution >= 0.6 is 0 Å². The van der Waals surface area contributed by atoms with Gasteiger partial charge in [0.15, 0.2) is 0 Å². The summed E-state index contributed by atoms with van der Waals surface area (Å²) in [4.78, 5) is 0. The van der Waals surface area contributed by atoms with Crippen LogP contribution in [-0.4, -0.2) is 0 Å². The van der Waals surface area contributed by atoms with E-state index in [-0.39, 0.29) is 16.8 Å². The Kier molecular flexibility index (Phi) is 2.56. The van der Waals surface area contributed by atoms with Gasteiger partial charge < -0.3 is 5.73 Å². The van der Waals surface area contributed by atoms with Gasteiger partial charge in [-0.1, -0.05) is 12.1 Å². The lowest BCUT2D eigenvalue weighted by molar-refractivity contribution is 0.602. The fourth-order valence-corrected chi connectivity index (χ4v) is 1.48. The molecule has 0 fully saturated rings. The van der Waals surface area contributed by atoms with Crippen molar-refractivity contribution in [3.8, 4) is 11.1 Å². The van der Waals surface area contributed by atoms with Crippen LogP contribution in [0.2, 0.25) is 0 Å². The third-order valence-electron chi connectivity index (χ3n) is 2.27. The minimum atomic E-state index is -0.652. The van der Waals surface area contributed by atoms with Gasteiger partial charge in [0.25, 0.3) is 0 Å². The van der Waals surface area contributed by atoms with Crippen LogP contribution in [0, 0.1) is 17.5 Å². The van der Waals surface area contributed by atoms with Crippen molar-refractivity contribution in [2.24, 2.45) is 0 Å².